The number of benzene rings is 1. The number of aromatic amines is 1. The monoisotopic (exact) mass is 227 g/mol. The Balaban J connectivity index is 2.13. The molecule has 0 amide bonds. The second kappa shape index (κ2) is 3.71. The number of imidazole rings is 2. The van der Waals surface area contributed by atoms with Crippen molar-refractivity contribution >= 4 is 11.0 Å². The largest absolute Gasteiger partial charge is 0.340 e. The fourth-order valence-corrected chi connectivity index (χ4v) is 1.84. The van der Waals surface area contributed by atoms with Crippen LogP contribution in [0.25, 0.3) is 22.6 Å². The number of H-pyrrole nitrogens is 1. The van der Waals surface area contributed by atoms with E-state index >= 15 is 0 Å². The van der Waals surface area contributed by atoms with Crippen LogP contribution in [0.4, 0.5) is 0 Å². The first-order chi connectivity index (χ1) is 8.26. The predicted octanol–water partition coefficient (Wildman–Crippen LogP) is 1.42. The van der Waals surface area contributed by atoms with Crippen LogP contribution in [0.3, 0.4) is 0 Å². The van der Waals surface area contributed by atoms with Crippen molar-refractivity contribution in [2.24, 2.45) is 12.8 Å². The van der Waals surface area contributed by atoms with Crippen LogP contribution < -0.4 is 5.73 Å². The number of nitrogens with two attached hydrogens (primary N) is 1. The Morgan fingerprint density at radius 1 is 1.41 bits per heavy atom. The number of fused-ring (bicyclic) bond motifs is 1. The standard InChI is InChI=1S/C12H13N5/c1-17-6-11(14-7-17)12-15-9-3-2-8(5-13)4-10(9)16-12/h2-4,6-7H,5,13H2,1H3,(H,15,16). The molecule has 0 unspecified atom stereocenters. The maximum atomic E-state index is 5.61. The molecular weight excluding hydrogens is 214 g/mol. The Morgan fingerprint density at radius 3 is 3.00 bits per heavy atom. The first kappa shape index (κ1) is 10.0. The first-order valence-corrected chi connectivity index (χ1v) is 5.43. The van der Waals surface area contributed by atoms with Crippen molar-refractivity contribution in [1.29, 1.82) is 0 Å². The Labute approximate surface area is 98.3 Å². The summed E-state index contributed by atoms with van der Waals surface area (Å²) in [6.07, 6.45) is 3.69. The van der Waals surface area contributed by atoms with Crippen molar-refractivity contribution in [3.8, 4) is 11.5 Å². The molecule has 1 aromatic carbocycles. The summed E-state index contributed by atoms with van der Waals surface area (Å²) in [6.45, 7) is 0.536. The zero-order chi connectivity index (χ0) is 11.8. The van der Waals surface area contributed by atoms with Crippen LogP contribution in [-0.4, -0.2) is 19.5 Å². The summed E-state index contributed by atoms with van der Waals surface area (Å²) in [5.74, 6) is 0.787. The molecule has 0 saturated heterocycles. The maximum Gasteiger partial charge on any atom is 0.158 e. The summed E-state index contributed by atoms with van der Waals surface area (Å²) < 4.78 is 1.90. The topological polar surface area (TPSA) is 72.5 Å². The summed E-state index contributed by atoms with van der Waals surface area (Å²) in [7, 11) is 1.94. The van der Waals surface area contributed by atoms with Crippen LogP contribution in [0.1, 0.15) is 5.56 Å². The third kappa shape index (κ3) is 1.70. The minimum Gasteiger partial charge on any atom is -0.340 e. The van der Waals surface area contributed by atoms with Crippen molar-refractivity contribution < 1.29 is 0 Å². The lowest BCUT2D eigenvalue weighted by molar-refractivity contribution is 0.913. The highest BCUT2D eigenvalue weighted by Gasteiger charge is 2.07. The van der Waals surface area contributed by atoms with Gasteiger partial charge in [0.15, 0.2) is 5.82 Å². The van der Waals surface area contributed by atoms with Gasteiger partial charge in [0.25, 0.3) is 0 Å². The van der Waals surface area contributed by atoms with Gasteiger partial charge in [-0.05, 0) is 17.7 Å². The van der Waals surface area contributed by atoms with E-state index in [-0.39, 0.29) is 0 Å². The molecule has 0 aliphatic heterocycles. The van der Waals surface area contributed by atoms with E-state index in [1.54, 1.807) is 6.33 Å². The quantitative estimate of drug-likeness (QED) is 0.695. The Hall–Kier alpha value is -2.14. The normalized spacial score (nSPS) is 11.2. The highest BCUT2D eigenvalue weighted by molar-refractivity contribution is 5.79. The molecule has 3 N–H and O–H groups in total. The van der Waals surface area contributed by atoms with Gasteiger partial charge in [0, 0.05) is 19.8 Å². The number of nitrogens with one attached hydrogen (secondary N) is 1. The highest BCUT2D eigenvalue weighted by Crippen LogP contribution is 2.19. The fraction of sp³-hybridized carbons (Fsp3) is 0.167. The lowest BCUT2D eigenvalue weighted by atomic mass is 10.2. The third-order valence-electron chi connectivity index (χ3n) is 2.73. The molecule has 3 aromatic rings. The molecule has 0 spiro atoms. The molecule has 0 radical (unpaired) electrons. The van der Waals surface area contributed by atoms with Gasteiger partial charge in [0.1, 0.15) is 5.69 Å². The summed E-state index contributed by atoms with van der Waals surface area (Å²) in [5, 5.41) is 0. The van der Waals surface area contributed by atoms with Gasteiger partial charge in [-0.1, -0.05) is 6.07 Å². The minimum atomic E-state index is 0.536. The maximum absolute atomic E-state index is 5.61. The van der Waals surface area contributed by atoms with E-state index in [0.29, 0.717) is 6.54 Å². The van der Waals surface area contributed by atoms with Crippen molar-refractivity contribution in [3.05, 3.63) is 36.3 Å². The van der Waals surface area contributed by atoms with Crippen LogP contribution in [0.5, 0.6) is 0 Å². The molecule has 2 heterocycles. The van der Waals surface area contributed by atoms with Crippen LogP contribution in [-0.2, 0) is 13.6 Å². The van der Waals surface area contributed by atoms with E-state index in [1.165, 1.54) is 0 Å². The van der Waals surface area contributed by atoms with Crippen molar-refractivity contribution in [1.82, 2.24) is 19.5 Å². The minimum absolute atomic E-state index is 0.536. The van der Waals surface area contributed by atoms with E-state index < -0.39 is 0 Å². The molecule has 0 saturated carbocycles. The van der Waals surface area contributed by atoms with Crippen molar-refractivity contribution in [3.63, 3.8) is 0 Å². The van der Waals surface area contributed by atoms with Gasteiger partial charge >= 0.3 is 0 Å². The van der Waals surface area contributed by atoms with E-state index in [0.717, 1.165) is 28.1 Å². The smallest absolute Gasteiger partial charge is 0.158 e. The molecule has 3 rings (SSSR count). The van der Waals surface area contributed by atoms with E-state index in [9.17, 15) is 0 Å². The van der Waals surface area contributed by atoms with E-state index in [4.69, 9.17) is 5.73 Å². The van der Waals surface area contributed by atoms with Crippen LogP contribution in [0.15, 0.2) is 30.7 Å². The number of hydrogen-bond acceptors (Lipinski definition) is 3. The van der Waals surface area contributed by atoms with Gasteiger partial charge in [0.2, 0.25) is 0 Å². The second-order valence-corrected chi connectivity index (χ2v) is 4.07. The van der Waals surface area contributed by atoms with Gasteiger partial charge in [-0.25, -0.2) is 9.97 Å². The summed E-state index contributed by atoms with van der Waals surface area (Å²) in [6, 6.07) is 5.99. The Bertz CT molecular complexity index is 664. The summed E-state index contributed by atoms with van der Waals surface area (Å²) >= 11 is 0. The van der Waals surface area contributed by atoms with Crippen LogP contribution >= 0.6 is 0 Å². The molecule has 0 fully saturated rings. The van der Waals surface area contributed by atoms with Crippen molar-refractivity contribution in [2.75, 3.05) is 0 Å². The van der Waals surface area contributed by atoms with Gasteiger partial charge < -0.3 is 15.3 Å². The zero-order valence-corrected chi connectivity index (χ0v) is 9.51. The summed E-state index contributed by atoms with van der Waals surface area (Å²) in [4.78, 5) is 12.0. The molecule has 86 valence electrons. The highest BCUT2D eigenvalue weighted by atomic mass is 15.0. The molecular formula is C12H13N5. The third-order valence-corrected chi connectivity index (χ3v) is 2.73. The van der Waals surface area contributed by atoms with Crippen molar-refractivity contribution in [2.45, 2.75) is 6.54 Å². The van der Waals surface area contributed by atoms with Crippen LogP contribution in [0.2, 0.25) is 0 Å². The zero-order valence-electron chi connectivity index (χ0n) is 9.51. The van der Waals surface area contributed by atoms with Gasteiger partial charge in [0.05, 0.1) is 17.4 Å². The SMILES string of the molecule is Cn1cnc(-c2nc3ccc(CN)cc3[nH]2)c1. The summed E-state index contributed by atoms with van der Waals surface area (Å²) in [5.41, 5.74) is 9.48. The van der Waals surface area contributed by atoms with Gasteiger partial charge in [-0.3, -0.25) is 0 Å². The second-order valence-electron chi connectivity index (χ2n) is 4.07. The first-order valence-electron chi connectivity index (χ1n) is 5.43. The molecule has 5 nitrogen and oxygen atoms in total. The number of aryl methyl sites for hydroxylation is 1. The number of nitrogens with zero attached hydrogens (tertiary/aromatic N) is 3. The fourth-order valence-electron chi connectivity index (χ4n) is 1.84. The molecule has 17 heavy (non-hydrogen) atoms. The number of rotatable bonds is 2. The molecule has 0 aliphatic carbocycles. The molecule has 0 bridgehead atoms. The van der Waals surface area contributed by atoms with Crippen LogP contribution in [0, 0.1) is 0 Å². The molecule has 0 aliphatic rings. The number of hydrogen-bond donors (Lipinski definition) is 2. The van der Waals surface area contributed by atoms with Gasteiger partial charge in [-0.2, -0.15) is 0 Å². The van der Waals surface area contributed by atoms with E-state index in [2.05, 4.69) is 15.0 Å². The Morgan fingerprint density at radius 2 is 2.29 bits per heavy atom. The average molecular weight is 227 g/mol. The Kier molecular flexibility index (Phi) is 2.19. The lowest BCUT2D eigenvalue weighted by Crippen LogP contribution is -1.95. The molecule has 0 atom stereocenters. The average Bonchev–Trinajstić information content (AvgIpc) is 2.93. The molecule has 5 heteroatoms. The number of aromatic nitrogens is 4. The predicted molar refractivity (Wildman–Crippen MR) is 66.2 cm³/mol. The van der Waals surface area contributed by atoms with Gasteiger partial charge in [-0.15, -0.1) is 0 Å². The van der Waals surface area contributed by atoms with E-state index in [1.807, 2.05) is 36.0 Å². The molecule has 2 aromatic heterocycles. The lowest BCUT2D eigenvalue weighted by Gasteiger charge is -1.94.